The number of likely N-dealkylation sites (tertiary alicyclic amines) is 1. The van der Waals surface area contributed by atoms with Crippen molar-refractivity contribution in [2.45, 2.75) is 33.2 Å². The van der Waals surface area contributed by atoms with E-state index in [0.29, 0.717) is 5.69 Å². The first-order chi connectivity index (χ1) is 9.95. The van der Waals surface area contributed by atoms with Crippen LogP contribution in [-0.2, 0) is 0 Å². The molecule has 0 saturated carbocycles. The molecule has 21 heavy (non-hydrogen) atoms. The normalized spacial score (nSPS) is 19.3. The molecule has 0 radical (unpaired) electrons. The number of nitrogens with zero attached hydrogens (tertiary/aromatic N) is 1. The standard InChI is InChI=1S/C17H23N3O/c1-10-7-11(2)14-8-15(19-16(14)12(10)3)17(21)18-13-5-6-20(4)9-13/h7-8,13,19H,5-6,9H2,1-4H3,(H,18,21). The van der Waals surface area contributed by atoms with Gasteiger partial charge in [0.15, 0.2) is 0 Å². The topological polar surface area (TPSA) is 48.1 Å². The number of amides is 1. The van der Waals surface area contributed by atoms with Crippen LogP contribution in [0.5, 0.6) is 0 Å². The van der Waals surface area contributed by atoms with Gasteiger partial charge in [0.1, 0.15) is 5.69 Å². The minimum Gasteiger partial charge on any atom is -0.350 e. The fraction of sp³-hybridized carbons (Fsp3) is 0.471. The molecule has 4 heteroatoms. The second-order valence-corrected chi connectivity index (χ2v) is 6.33. The highest BCUT2D eigenvalue weighted by atomic mass is 16.2. The van der Waals surface area contributed by atoms with Crippen LogP contribution in [0.1, 0.15) is 33.6 Å². The van der Waals surface area contributed by atoms with Gasteiger partial charge >= 0.3 is 0 Å². The molecule has 2 aromatic rings. The van der Waals surface area contributed by atoms with Crippen LogP contribution in [0.15, 0.2) is 12.1 Å². The summed E-state index contributed by atoms with van der Waals surface area (Å²) in [6, 6.07) is 4.42. The van der Waals surface area contributed by atoms with Crippen molar-refractivity contribution in [1.29, 1.82) is 0 Å². The second-order valence-electron chi connectivity index (χ2n) is 6.33. The lowest BCUT2D eigenvalue weighted by Crippen LogP contribution is -2.36. The van der Waals surface area contributed by atoms with Crippen molar-refractivity contribution in [3.63, 3.8) is 0 Å². The Kier molecular flexibility index (Phi) is 3.49. The maximum Gasteiger partial charge on any atom is 0.267 e. The van der Waals surface area contributed by atoms with Crippen molar-refractivity contribution in [3.05, 3.63) is 34.5 Å². The van der Waals surface area contributed by atoms with Crippen LogP contribution in [0.4, 0.5) is 0 Å². The SMILES string of the molecule is Cc1cc(C)c2cc(C(=O)NC3CCN(C)C3)[nH]c2c1C. The summed E-state index contributed by atoms with van der Waals surface area (Å²) < 4.78 is 0. The Hall–Kier alpha value is -1.81. The summed E-state index contributed by atoms with van der Waals surface area (Å²) in [5.74, 6) is 0.00273. The Balaban J connectivity index is 1.89. The molecular formula is C17H23N3O. The van der Waals surface area contributed by atoms with Gasteiger partial charge in [-0.25, -0.2) is 0 Å². The zero-order valence-corrected chi connectivity index (χ0v) is 13.2. The zero-order valence-electron chi connectivity index (χ0n) is 13.2. The lowest BCUT2D eigenvalue weighted by atomic mass is 10.0. The van der Waals surface area contributed by atoms with E-state index in [1.807, 2.05) is 6.07 Å². The van der Waals surface area contributed by atoms with Gasteiger partial charge < -0.3 is 15.2 Å². The fourth-order valence-corrected chi connectivity index (χ4v) is 3.21. The van der Waals surface area contributed by atoms with Crippen LogP contribution in [0, 0.1) is 20.8 Å². The molecule has 112 valence electrons. The molecule has 1 aliphatic rings. The van der Waals surface area contributed by atoms with Crippen LogP contribution < -0.4 is 5.32 Å². The van der Waals surface area contributed by atoms with E-state index in [1.165, 1.54) is 16.7 Å². The minimum atomic E-state index is 0.00273. The molecule has 0 aliphatic carbocycles. The van der Waals surface area contributed by atoms with E-state index in [4.69, 9.17) is 0 Å². The van der Waals surface area contributed by atoms with Gasteiger partial charge in [0, 0.05) is 23.5 Å². The Bertz CT molecular complexity index is 702. The molecule has 4 nitrogen and oxygen atoms in total. The van der Waals surface area contributed by atoms with Crippen molar-refractivity contribution in [2.24, 2.45) is 0 Å². The van der Waals surface area contributed by atoms with E-state index in [2.05, 4.69) is 49.1 Å². The van der Waals surface area contributed by atoms with Crippen molar-refractivity contribution in [3.8, 4) is 0 Å². The van der Waals surface area contributed by atoms with Crippen LogP contribution >= 0.6 is 0 Å². The number of hydrogen-bond donors (Lipinski definition) is 2. The third-order valence-corrected chi connectivity index (χ3v) is 4.61. The highest BCUT2D eigenvalue weighted by Crippen LogP contribution is 2.25. The molecule has 1 atom stereocenters. The summed E-state index contributed by atoms with van der Waals surface area (Å²) in [7, 11) is 2.09. The maximum atomic E-state index is 12.4. The summed E-state index contributed by atoms with van der Waals surface area (Å²) >= 11 is 0. The maximum absolute atomic E-state index is 12.4. The number of fused-ring (bicyclic) bond motifs is 1. The van der Waals surface area contributed by atoms with Crippen LogP contribution in [0.25, 0.3) is 10.9 Å². The molecule has 1 aromatic carbocycles. The van der Waals surface area contributed by atoms with Crippen LogP contribution in [-0.4, -0.2) is 42.0 Å². The average molecular weight is 285 g/mol. The number of rotatable bonds is 2. The number of nitrogens with one attached hydrogen (secondary N) is 2. The number of carbonyl (C=O) groups excluding carboxylic acids is 1. The van der Waals surface area contributed by atoms with Gasteiger partial charge in [0.05, 0.1) is 0 Å². The number of aryl methyl sites for hydroxylation is 3. The highest BCUT2D eigenvalue weighted by molar-refractivity contribution is 6.00. The lowest BCUT2D eigenvalue weighted by Gasteiger charge is -2.11. The molecule has 0 spiro atoms. The number of likely N-dealkylation sites (N-methyl/N-ethyl adjacent to an activating group) is 1. The molecule has 0 bridgehead atoms. The zero-order chi connectivity index (χ0) is 15.1. The van der Waals surface area contributed by atoms with E-state index in [-0.39, 0.29) is 11.9 Å². The van der Waals surface area contributed by atoms with Gasteiger partial charge in [-0.15, -0.1) is 0 Å². The minimum absolute atomic E-state index is 0.00273. The smallest absolute Gasteiger partial charge is 0.267 e. The Labute approximate surface area is 125 Å². The van der Waals surface area contributed by atoms with E-state index < -0.39 is 0 Å². The lowest BCUT2D eigenvalue weighted by molar-refractivity contribution is 0.0934. The van der Waals surface area contributed by atoms with Gasteiger partial charge in [-0.3, -0.25) is 4.79 Å². The number of aromatic amines is 1. The van der Waals surface area contributed by atoms with E-state index in [0.717, 1.165) is 30.4 Å². The van der Waals surface area contributed by atoms with E-state index >= 15 is 0 Å². The number of H-pyrrole nitrogens is 1. The first-order valence-electron chi connectivity index (χ1n) is 7.54. The van der Waals surface area contributed by atoms with Crippen molar-refractivity contribution < 1.29 is 4.79 Å². The largest absolute Gasteiger partial charge is 0.350 e. The summed E-state index contributed by atoms with van der Waals surface area (Å²) in [5.41, 5.74) is 5.43. The van der Waals surface area contributed by atoms with Gasteiger partial charge in [0.25, 0.3) is 5.91 Å². The molecule has 1 aliphatic heterocycles. The third kappa shape index (κ3) is 2.56. The molecule has 1 fully saturated rings. The van der Waals surface area contributed by atoms with Gasteiger partial charge in [-0.05, 0) is 63.5 Å². The van der Waals surface area contributed by atoms with Gasteiger partial charge in [0.2, 0.25) is 0 Å². The Morgan fingerprint density at radius 3 is 2.71 bits per heavy atom. The molecule has 1 unspecified atom stereocenters. The molecule has 1 saturated heterocycles. The Morgan fingerprint density at radius 2 is 2.05 bits per heavy atom. The molecule has 2 N–H and O–H groups in total. The quantitative estimate of drug-likeness (QED) is 0.891. The van der Waals surface area contributed by atoms with Crippen molar-refractivity contribution in [1.82, 2.24) is 15.2 Å². The van der Waals surface area contributed by atoms with Crippen LogP contribution in [0.3, 0.4) is 0 Å². The molecule has 1 aromatic heterocycles. The van der Waals surface area contributed by atoms with Gasteiger partial charge in [-0.2, -0.15) is 0 Å². The Morgan fingerprint density at radius 1 is 1.29 bits per heavy atom. The molecule has 2 heterocycles. The summed E-state index contributed by atoms with van der Waals surface area (Å²) in [4.78, 5) is 18.0. The number of hydrogen-bond acceptors (Lipinski definition) is 2. The average Bonchev–Trinajstić information content (AvgIpc) is 3.03. The second kappa shape index (κ2) is 5.19. The molecule has 1 amide bonds. The summed E-state index contributed by atoms with van der Waals surface area (Å²) in [6.45, 7) is 8.28. The number of benzene rings is 1. The molecule has 3 rings (SSSR count). The predicted octanol–water partition coefficient (Wildman–Crippen LogP) is 2.53. The van der Waals surface area contributed by atoms with E-state index in [9.17, 15) is 4.79 Å². The van der Waals surface area contributed by atoms with Crippen molar-refractivity contribution >= 4 is 16.8 Å². The number of aromatic nitrogens is 1. The van der Waals surface area contributed by atoms with Crippen LogP contribution in [0.2, 0.25) is 0 Å². The van der Waals surface area contributed by atoms with E-state index in [1.54, 1.807) is 0 Å². The monoisotopic (exact) mass is 285 g/mol. The molecular weight excluding hydrogens is 262 g/mol. The first-order valence-corrected chi connectivity index (χ1v) is 7.54. The summed E-state index contributed by atoms with van der Waals surface area (Å²) in [5, 5.41) is 4.27. The predicted molar refractivity (Wildman–Crippen MR) is 85.9 cm³/mol. The fourth-order valence-electron chi connectivity index (χ4n) is 3.21. The summed E-state index contributed by atoms with van der Waals surface area (Å²) in [6.07, 6.45) is 1.03. The highest BCUT2D eigenvalue weighted by Gasteiger charge is 2.22. The third-order valence-electron chi connectivity index (χ3n) is 4.61. The number of carbonyl (C=O) groups is 1. The first kappa shape index (κ1) is 14.1. The van der Waals surface area contributed by atoms with Crippen molar-refractivity contribution in [2.75, 3.05) is 20.1 Å². The van der Waals surface area contributed by atoms with Gasteiger partial charge in [-0.1, -0.05) is 6.07 Å².